The Labute approximate surface area is 149 Å². The highest BCUT2D eigenvalue weighted by atomic mass is 32.2. The zero-order valence-electron chi connectivity index (χ0n) is 13.7. The van der Waals surface area contributed by atoms with E-state index in [4.69, 9.17) is 21.7 Å². The molecule has 24 heavy (non-hydrogen) atoms. The van der Waals surface area contributed by atoms with Crippen molar-refractivity contribution in [3.63, 3.8) is 0 Å². The standard InChI is InChI=1S/C16H17NO5S2/c1-9(15(19)22-4)17-14(18)13(24-16(17)23)8-10-5-6-11(20-2)12(7-10)21-3/h5-9H,1-4H3/b13-8-. The molecule has 128 valence electrons. The summed E-state index contributed by atoms with van der Waals surface area (Å²) < 4.78 is 15.4. The maximum absolute atomic E-state index is 12.5. The first-order valence-corrected chi connectivity index (χ1v) is 8.22. The van der Waals surface area contributed by atoms with Gasteiger partial charge in [0.2, 0.25) is 0 Å². The zero-order valence-corrected chi connectivity index (χ0v) is 15.3. The summed E-state index contributed by atoms with van der Waals surface area (Å²) in [6.07, 6.45) is 1.70. The van der Waals surface area contributed by atoms with Gasteiger partial charge in [-0.3, -0.25) is 9.69 Å². The van der Waals surface area contributed by atoms with Crippen molar-refractivity contribution >= 4 is 46.3 Å². The van der Waals surface area contributed by atoms with Crippen LogP contribution in [0.3, 0.4) is 0 Å². The highest BCUT2D eigenvalue weighted by Gasteiger charge is 2.38. The number of hydrogen-bond donors (Lipinski definition) is 0. The first kappa shape index (κ1) is 18.3. The molecule has 1 heterocycles. The number of carbonyl (C=O) groups is 2. The van der Waals surface area contributed by atoms with E-state index in [1.54, 1.807) is 45.4 Å². The van der Waals surface area contributed by atoms with E-state index in [0.717, 1.165) is 17.3 Å². The third-order valence-corrected chi connectivity index (χ3v) is 4.79. The molecule has 0 bridgehead atoms. The van der Waals surface area contributed by atoms with E-state index >= 15 is 0 Å². The highest BCUT2D eigenvalue weighted by Crippen LogP contribution is 2.35. The number of amides is 1. The summed E-state index contributed by atoms with van der Waals surface area (Å²) in [7, 11) is 4.37. The molecule has 0 aliphatic carbocycles. The second kappa shape index (κ2) is 7.67. The summed E-state index contributed by atoms with van der Waals surface area (Å²) in [6, 6.07) is 4.55. The molecule has 0 spiro atoms. The number of thiocarbonyl (C=S) groups is 1. The summed E-state index contributed by atoms with van der Waals surface area (Å²) in [5.41, 5.74) is 0.763. The average Bonchev–Trinajstić information content (AvgIpc) is 2.86. The van der Waals surface area contributed by atoms with Gasteiger partial charge in [0.25, 0.3) is 5.91 Å². The lowest BCUT2D eigenvalue weighted by atomic mass is 10.1. The second-order valence-corrected chi connectivity index (χ2v) is 6.54. The summed E-state index contributed by atoms with van der Waals surface area (Å²) in [5, 5.41) is 0. The monoisotopic (exact) mass is 367 g/mol. The molecule has 0 aromatic heterocycles. The van der Waals surface area contributed by atoms with Crippen molar-refractivity contribution in [2.75, 3.05) is 21.3 Å². The van der Waals surface area contributed by atoms with Crippen LogP contribution in [-0.4, -0.2) is 48.5 Å². The van der Waals surface area contributed by atoms with Crippen LogP contribution in [0.4, 0.5) is 0 Å². The maximum Gasteiger partial charge on any atom is 0.328 e. The van der Waals surface area contributed by atoms with E-state index in [1.807, 2.05) is 0 Å². The van der Waals surface area contributed by atoms with E-state index in [1.165, 1.54) is 12.0 Å². The van der Waals surface area contributed by atoms with Gasteiger partial charge in [-0.25, -0.2) is 4.79 Å². The molecule has 1 saturated heterocycles. The minimum Gasteiger partial charge on any atom is -0.493 e. The van der Waals surface area contributed by atoms with Gasteiger partial charge in [0, 0.05) is 0 Å². The molecule has 1 aromatic rings. The number of benzene rings is 1. The Bertz CT molecular complexity index is 716. The zero-order chi connectivity index (χ0) is 17.9. The van der Waals surface area contributed by atoms with Gasteiger partial charge in [-0.2, -0.15) is 0 Å². The van der Waals surface area contributed by atoms with Gasteiger partial charge >= 0.3 is 5.97 Å². The minimum absolute atomic E-state index is 0.322. The van der Waals surface area contributed by atoms with Gasteiger partial charge in [-0.05, 0) is 30.7 Å². The number of rotatable bonds is 5. The number of esters is 1. The molecular weight excluding hydrogens is 350 g/mol. The van der Waals surface area contributed by atoms with Gasteiger partial charge < -0.3 is 14.2 Å². The first-order chi connectivity index (χ1) is 11.4. The van der Waals surface area contributed by atoms with E-state index in [2.05, 4.69) is 4.74 Å². The predicted octanol–water partition coefficient (Wildman–Crippen LogP) is 2.47. The predicted molar refractivity (Wildman–Crippen MR) is 96.0 cm³/mol. The molecule has 6 nitrogen and oxygen atoms in total. The van der Waals surface area contributed by atoms with Crippen LogP contribution in [0.1, 0.15) is 12.5 Å². The molecule has 1 aliphatic rings. The largest absolute Gasteiger partial charge is 0.493 e. The highest BCUT2D eigenvalue weighted by molar-refractivity contribution is 8.26. The lowest BCUT2D eigenvalue weighted by Gasteiger charge is -2.20. The number of methoxy groups -OCH3 is 3. The Morgan fingerprint density at radius 3 is 2.50 bits per heavy atom. The van der Waals surface area contributed by atoms with Crippen LogP contribution in [0.2, 0.25) is 0 Å². The summed E-state index contributed by atoms with van der Waals surface area (Å²) in [4.78, 5) is 25.9. The third-order valence-electron chi connectivity index (χ3n) is 3.46. The molecule has 0 N–H and O–H groups in total. The molecule has 1 unspecified atom stereocenters. The van der Waals surface area contributed by atoms with E-state index in [9.17, 15) is 9.59 Å². The molecule has 2 rings (SSSR count). The molecule has 1 atom stereocenters. The number of carbonyl (C=O) groups excluding carboxylic acids is 2. The first-order valence-electron chi connectivity index (χ1n) is 6.99. The Hall–Kier alpha value is -2.06. The average molecular weight is 367 g/mol. The van der Waals surface area contributed by atoms with Crippen molar-refractivity contribution < 1.29 is 23.8 Å². The van der Waals surface area contributed by atoms with E-state index in [0.29, 0.717) is 20.7 Å². The fraction of sp³-hybridized carbons (Fsp3) is 0.312. The van der Waals surface area contributed by atoms with Crippen molar-refractivity contribution in [1.29, 1.82) is 0 Å². The topological polar surface area (TPSA) is 65.1 Å². The molecule has 1 aromatic carbocycles. The summed E-state index contributed by atoms with van der Waals surface area (Å²) in [6.45, 7) is 1.58. The third kappa shape index (κ3) is 3.54. The van der Waals surface area contributed by atoms with Gasteiger partial charge in [0.05, 0.1) is 26.2 Å². The quantitative estimate of drug-likeness (QED) is 0.450. The Morgan fingerprint density at radius 2 is 1.92 bits per heavy atom. The lowest BCUT2D eigenvalue weighted by Crippen LogP contribution is -2.42. The van der Waals surface area contributed by atoms with Gasteiger partial charge in [0.1, 0.15) is 10.4 Å². The molecule has 1 amide bonds. The van der Waals surface area contributed by atoms with Crippen LogP contribution in [0.15, 0.2) is 23.1 Å². The van der Waals surface area contributed by atoms with Crippen LogP contribution in [0, 0.1) is 0 Å². The smallest absolute Gasteiger partial charge is 0.328 e. The second-order valence-electron chi connectivity index (χ2n) is 4.87. The van der Waals surface area contributed by atoms with Crippen molar-refractivity contribution in [1.82, 2.24) is 4.90 Å². The van der Waals surface area contributed by atoms with E-state index in [-0.39, 0.29) is 5.91 Å². The number of nitrogens with zero attached hydrogens (tertiary/aromatic N) is 1. The van der Waals surface area contributed by atoms with Gasteiger partial charge in [-0.1, -0.05) is 30.0 Å². The molecule has 1 fully saturated rings. The number of hydrogen-bond acceptors (Lipinski definition) is 7. The minimum atomic E-state index is -0.765. The molecule has 8 heteroatoms. The van der Waals surface area contributed by atoms with Crippen LogP contribution in [0.25, 0.3) is 6.08 Å². The van der Waals surface area contributed by atoms with Crippen LogP contribution in [-0.2, 0) is 14.3 Å². The van der Waals surface area contributed by atoms with Crippen molar-refractivity contribution in [3.8, 4) is 11.5 Å². The normalized spacial score (nSPS) is 17.2. The SMILES string of the molecule is COC(=O)C(C)N1C(=O)/C(=C/c2ccc(OC)c(OC)c2)SC1=S. The van der Waals surface area contributed by atoms with E-state index < -0.39 is 12.0 Å². The van der Waals surface area contributed by atoms with Gasteiger partial charge in [-0.15, -0.1) is 0 Å². The fourth-order valence-electron chi connectivity index (χ4n) is 2.18. The van der Waals surface area contributed by atoms with Crippen molar-refractivity contribution in [2.45, 2.75) is 13.0 Å². The van der Waals surface area contributed by atoms with Crippen LogP contribution < -0.4 is 9.47 Å². The number of ether oxygens (including phenoxy) is 3. The molecule has 0 radical (unpaired) electrons. The Kier molecular flexibility index (Phi) is 5.84. The molecule has 1 aliphatic heterocycles. The van der Waals surface area contributed by atoms with Crippen molar-refractivity contribution in [2.24, 2.45) is 0 Å². The molecule has 0 saturated carbocycles. The molecular formula is C16H17NO5S2. The fourth-order valence-corrected chi connectivity index (χ4v) is 3.60. The van der Waals surface area contributed by atoms with Crippen LogP contribution >= 0.6 is 24.0 Å². The van der Waals surface area contributed by atoms with Gasteiger partial charge in [0.15, 0.2) is 11.5 Å². The number of thioether (sulfide) groups is 1. The Morgan fingerprint density at radius 1 is 1.25 bits per heavy atom. The Balaban J connectivity index is 2.30. The summed E-state index contributed by atoms with van der Waals surface area (Å²) >= 11 is 6.36. The van der Waals surface area contributed by atoms with Crippen LogP contribution in [0.5, 0.6) is 11.5 Å². The van der Waals surface area contributed by atoms with Crippen molar-refractivity contribution in [3.05, 3.63) is 28.7 Å². The lowest BCUT2D eigenvalue weighted by molar-refractivity contribution is -0.147. The maximum atomic E-state index is 12.5. The summed E-state index contributed by atoms with van der Waals surface area (Å²) in [5.74, 6) is 0.322.